The number of carbonyl (C=O) groups excluding carboxylic acids is 3. The molecule has 10 heteroatoms. The van der Waals surface area contributed by atoms with Crippen LogP contribution in [0.5, 0.6) is 0 Å². The quantitative estimate of drug-likeness (QED) is 0.361. The number of carbonyl (C=O) groups is 3. The Kier molecular flexibility index (Phi) is 7.57. The van der Waals surface area contributed by atoms with E-state index in [0.29, 0.717) is 16.9 Å². The van der Waals surface area contributed by atoms with Crippen LogP contribution in [-0.2, 0) is 16.1 Å². The molecule has 0 saturated carbocycles. The number of nitrogens with zero attached hydrogens (tertiary/aromatic N) is 3. The third-order valence-corrected chi connectivity index (χ3v) is 5.53. The third kappa shape index (κ3) is 5.44. The minimum atomic E-state index is -1.34. The Morgan fingerprint density at radius 1 is 1.30 bits per heavy atom. The number of carboxylic acids is 1. The molecule has 1 unspecified atom stereocenters. The summed E-state index contributed by atoms with van der Waals surface area (Å²) >= 11 is 0. The van der Waals surface area contributed by atoms with Crippen LogP contribution in [0.3, 0.4) is 0 Å². The van der Waals surface area contributed by atoms with Gasteiger partial charge in [-0.3, -0.25) is 10.1 Å². The number of hydrogen-bond donors (Lipinski definition) is 2. The summed E-state index contributed by atoms with van der Waals surface area (Å²) in [5.74, 6) is -1.15. The SMILES string of the molecule is CC(c1cc2ccccc2[nH]1)N(C)C(=O)/C=C/c1cnc2c(c1)CN(CC(=O)[O-])C(=O)N2.[Na+]. The van der Waals surface area contributed by atoms with Crippen molar-refractivity contribution in [1.29, 1.82) is 0 Å². The largest absolute Gasteiger partial charge is 1.00 e. The van der Waals surface area contributed by atoms with E-state index in [4.69, 9.17) is 0 Å². The van der Waals surface area contributed by atoms with Gasteiger partial charge in [-0.2, -0.15) is 0 Å². The number of aromatic nitrogens is 2. The summed E-state index contributed by atoms with van der Waals surface area (Å²) in [6.45, 7) is 1.53. The molecule has 1 aromatic carbocycles. The van der Waals surface area contributed by atoms with Crippen LogP contribution in [-0.4, -0.2) is 51.3 Å². The van der Waals surface area contributed by atoms with E-state index in [1.54, 1.807) is 30.3 Å². The number of para-hydroxylation sites is 1. The molecule has 4 rings (SSSR count). The monoisotopic (exact) mass is 455 g/mol. The van der Waals surface area contributed by atoms with Crippen molar-refractivity contribution in [3.8, 4) is 0 Å². The molecule has 9 nitrogen and oxygen atoms in total. The van der Waals surface area contributed by atoms with Gasteiger partial charge in [0.05, 0.1) is 25.1 Å². The third-order valence-electron chi connectivity index (χ3n) is 5.53. The van der Waals surface area contributed by atoms with Crippen LogP contribution < -0.4 is 40.0 Å². The summed E-state index contributed by atoms with van der Waals surface area (Å²) in [7, 11) is 1.74. The van der Waals surface area contributed by atoms with Crippen LogP contribution in [0.4, 0.5) is 10.6 Å². The average Bonchev–Trinajstić information content (AvgIpc) is 3.21. The normalized spacial score (nSPS) is 13.9. The Hall–Kier alpha value is -3.14. The summed E-state index contributed by atoms with van der Waals surface area (Å²) in [6.07, 6.45) is 4.64. The predicted molar refractivity (Wildman–Crippen MR) is 117 cm³/mol. The van der Waals surface area contributed by atoms with Gasteiger partial charge in [0.15, 0.2) is 0 Å². The molecular formula is C23H22N5NaO4. The molecule has 1 aliphatic heterocycles. The van der Waals surface area contributed by atoms with Crippen LogP contribution in [0, 0.1) is 0 Å². The van der Waals surface area contributed by atoms with E-state index < -0.39 is 18.5 Å². The first kappa shape index (κ1) is 24.5. The molecule has 1 atom stereocenters. The fraction of sp³-hybridized carbons (Fsp3) is 0.217. The first-order valence-corrected chi connectivity index (χ1v) is 10.1. The zero-order valence-electron chi connectivity index (χ0n) is 18.7. The minimum Gasteiger partial charge on any atom is -0.548 e. The summed E-state index contributed by atoms with van der Waals surface area (Å²) < 4.78 is 0. The number of rotatable bonds is 6. The second-order valence-electron chi connectivity index (χ2n) is 7.70. The molecule has 1 aliphatic rings. The molecule has 3 amide bonds. The predicted octanol–water partition coefficient (Wildman–Crippen LogP) is -1.10. The number of nitrogens with one attached hydrogen (secondary N) is 2. The Morgan fingerprint density at radius 3 is 2.79 bits per heavy atom. The smallest absolute Gasteiger partial charge is 0.548 e. The van der Waals surface area contributed by atoms with Crippen molar-refractivity contribution in [2.75, 3.05) is 18.9 Å². The summed E-state index contributed by atoms with van der Waals surface area (Å²) in [5.41, 5.74) is 3.27. The maximum atomic E-state index is 12.7. The van der Waals surface area contributed by atoms with Crippen LogP contribution in [0.15, 0.2) is 48.7 Å². The van der Waals surface area contributed by atoms with Crippen LogP contribution in [0.2, 0.25) is 0 Å². The number of amides is 3. The van der Waals surface area contributed by atoms with E-state index in [2.05, 4.69) is 15.3 Å². The molecule has 0 fully saturated rings. The number of likely N-dealkylation sites (N-methyl/N-ethyl adjacent to an activating group) is 1. The van der Waals surface area contributed by atoms with Gasteiger partial charge in [0.2, 0.25) is 5.91 Å². The van der Waals surface area contributed by atoms with E-state index in [0.717, 1.165) is 21.5 Å². The van der Waals surface area contributed by atoms with Crippen molar-refractivity contribution in [2.24, 2.45) is 0 Å². The summed E-state index contributed by atoms with van der Waals surface area (Å²) in [5, 5.41) is 14.5. The summed E-state index contributed by atoms with van der Waals surface area (Å²) in [4.78, 5) is 45.8. The van der Waals surface area contributed by atoms with E-state index in [-0.39, 0.29) is 48.1 Å². The molecule has 0 radical (unpaired) electrons. The Labute approximate surface area is 212 Å². The average molecular weight is 455 g/mol. The molecular weight excluding hydrogens is 433 g/mol. The van der Waals surface area contributed by atoms with Gasteiger partial charge in [-0.05, 0) is 42.1 Å². The van der Waals surface area contributed by atoms with Gasteiger partial charge in [0.1, 0.15) is 5.82 Å². The van der Waals surface area contributed by atoms with Gasteiger partial charge in [0.25, 0.3) is 0 Å². The fourth-order valence-corrected chi connectivity index (χ4v) is 3.60. The Balaban J connectivity index is 0.00000306. The first-order valence-electron chi connectivity index (χ1n) is 10.1. The number of aliphatic carboxylic acids is 1. The molecule has 2 N–H and O–H groups in total. The second kappa shape index (κ2) is 10.2. The number of urea groups is 1. The number of aromatic amines is 1. The topological polar surface area (TPSA) is 121 Å². The number of anilines is 1. The zero-order valence-corrected chi connectivity index (χ0v) is 20.7. The molecule has 0 saturated heterocycles. The standard InChI is InChI=1S/C23H23N5O4.Na/c1-14(19-10-16-5-3-4-6-18(16)25-19)27(2)20(29)8-7-15-9-17-12-28(13-21(30)31)23(32)26-22(17)24-11-15;/h3-11,14,25H,12-13H2,1-2H3,(H,30,31)(H,24,26,32);/q;+1/p-1/b8-7+;. The molecule has 33 heavy (non-hydrogen) atoms. The van der Waals surface area contributed by atoms with Gasteiger partial charge in [-0.15, -0.1) is 0 Å². The molecule has 0 aliphatic carbocycles. The number of H-pyrrole nitrogens is 1. The van der Waals surface area contributed by atoms with Crippen molar-refractivity contribution >= 4 is 40.7 Å². The van der Waals surface area contributed by atoms with Gasteiger partial charge >= 0.3 is 35.6 Å². The minimum absolute atomic E-state index is 0. The van der Waals surface area contributed by atoms with Crippen LogP contribution in [0.1, 0.15) is 29.8 Å². The molecule has 3 heterocycles. The van der Waals surface area contributed by atoms with Crippen LogP contribution >= 0.6 is 0 Å². The maximum absolute atomic E-state index is 12.7. The zero-order chi connectivity index (χ0) is 22.8. The number of benzene rings is 1. The second-order valence-corrected chi connectivity index (χ2v) is 7.70. The van der Waals surface area contributed by atoms with Gasteiger partial charge in [-0.1, -0.05) is 18.2 Å². The van der Waals surface area contributed by atoms with E-state index in [1.807, 2.05) is 37.3 Å². The molecule has 0 bridgehead atoms. The Bertz CT molecular complexity index is 1210. The van der Waals surface area contributed by atoms with Crippen molar-refractivity contribution < 1.29 is 49.0 Å². The molecule has 0 spiro atoms. The van der Waals surface area contributed by atoms with E-state index in [9.17, 15) is 19.5 Å². The number of fused-ring (bicyclic) bond motifs is 2. The number of carboxylic acid groups (broad SMARTS) is 1. The Morgan fingerprint density at radius 2 is 2.06 bits per heavy atom. The van der Waals surface area contributed by atoms with Crippen molar-refractivity contribution in [2.45, 2.75) is 19.5 Å². The van der Waals surface area contributed by atoms with Gasteiger partial charge in [0, 0.05) is 36.1 Å². The number of pyridine rings is 1. The summed E-state index contributed by atoms with van der Waals surface area (Å²) in [6, 6.07) is 11.0. The molecule has 164 valence electrons. The number of hydrogen-bond acceptors (Lipinski definition) is 5. The van der Waals surface area contributed by atoms with Gasteiger partial charge < -0.3 is 24.7 Å². The van der Waals surface area contributed by atoms with E-state index >= 15 is 0 Å². The fourth-order valence-electron chi connectivity index (χ4n) is 3.60. The molecule has 3 aromatic rings. The van der Waals surface area contributed by atoms with Crippen molar-refractivity contribution in [3.05, 3.63) is 65.5 Å². The van der Waals surface area contributed by atoms with Gasteiger partial charge in [-0.25, -0.2) is 9.78 Å². The van der Waals surface area contributed by atoms with Crippen molar-refractivity contribution in [1.82, 2.24) is 19.8 Å². The van der Waals surface area contributed by atoms with Crippen molar-refractivity contribution in [3.63, 3.8) is 0 Å². The van der Waals surface area contributed by atoms with Crippen LogP contribution in [0.25, 0.3) is 17.0 Å². The van der Waals surface area contributed by atoms with E-state index in [1.165, 1.54) is 6.08 Å². The first-order chi connectivity index (χ1) is 15.3. The molecule has 2 aromatic heterocycles. The maximum Gasteiger partial charge on any atom is 1.00 e.